The van der Waals surface area contributed by atoms with Crippen molar-refractivity contribution in [3.63, 3.8) is 0 Å². The van der Waals surface area contributed by atoms with Crippen LogP contribution in [0.15, 0.2) is 6.33 Å². The first-order chi connectivity index (χ1) is 7.17. The molecule has 0 bridgehead atoms. The zero-order valence-electron chi connectivity index (χ0n) is 9.85. The molecule has 0 fully saturated rings. The van der Waals surface area contributed by atoms with Gasteiger partial charge in [-0.15, -0.1) is 0 Å². The Labute approximate surface area is 91.3 Å². The highest BCUT2D eigenvalue weighted by Crippen LogP contribution is 2.03. The number of hydrogen-bond donors (Lipinski definition) is 1. The molecule has 0 radical (unpaired) electrons. The largest absolute Gasteiger partial charge is 0.330 e. The van der Waals surface area contributed by atoms with E-state index >= 15 is 0 Å². The van der Waals surface area contributed by atoms with Crippen LogP contribution in [0.2, 0.25) is 0 Å². The Hall–Kier alpha value is -0.940. The summed E-state index contributed by atoms with van der Waals surface area (Å²) in [5.41, 5.74) is 5.62. The van der Waals surface area contributed by atoms with Crippen LogP contribution < -0.4 is 5.73 Å². The average molecular weight is 211 g/mol. The van der Waals surface area contributed by atoms with Crippen molar-refractivity contribution in [3.05, 3.63) is 12.2 Å². The fourth-order valence-electron chi connectivity index (χ4n) is 1.48. The number of nitrogens with two attached hydrogens (primary N) is 1. The molecule has 0 aliphatic rings. The summed E-state index contributed by atoms with van der Waals surface area (Å²) in [6.07, 6.45) is 1.59. The van der Waals surface area contributed by atoms with Crippen molar-refractivity contribution >= 4 is 0 Å². The Bertz CT molecular complexity index is 283. The van der Waals surface area contributed by atoms with Crippen LogP contribution in [-0.2, 0) is 13.6 Å². The van der Waals surface area contributed by atoms with Gasteiger partial charge in [0.25, 0.3) is 0 Å². The number of hydrogen-bond acceptors (Lipinski definition) is 4. The van der Waals surface area contributed by atoms with Gasteiger partial charge in [-0.1, -0.05) is 13.8 Å². The van der Waals surface area contributed by atoms with Crippen LogP contribution >= 0.6 is 0 Å². The summed E-state index contributed by atoms with van der Waals surface area (Å²) in [5.74, 6) is 1.53. The highest BCUT2D eigenvalue weighted by Gasteiger charge is 2.10. The first kappa shape index (κ1) is 12.1. The summed E-state index contributed by atoms with van der Waals surface area (Å²) in [5, 5.41) is 4.06. The molecule has 0 spiro atoms. The second kappa shape index (κ2) is 5.82. The van der Waals surface area contributed by atoms with Gasteiger partial charge in [-0.2, -0.15) is 5.10 Å². The molecule has 0 saturated carbocycles. The monoisotopic (exact) mass is 211 g/mol. The van der Waals surface area contributed by atoms with E-state index in [2.05, 4.69) is 28.8 Å². The Morgan fingerprint density at radius 3 is 2.80 bits per heavy atom. The molecular weight excluding hydrogens is 190 g/mol. The molecular formula is C10H21N5. The van der Waals surface area contributed by atoms with Crippen molar-refractivity contribution in [2.75, 3.05) is 19.6 Å². The lowest BCUT2D eigenvalue weighted by Gasteiger charge is -2.22. The number of aromatic nitrogens is 3. The minimum absolute atomic E-state index is 0.526. The Balaban J connectivity index is 2.50. The highest BCUT2D eigenvalue weighted by molar-refractivity contribution is 4.83. The van der Waals surface area contributed by atoms with Gasteiger partial charge in [0.1, 0.15) is 12.2 Å². The molecule has 1 heterocycles. The van der Waals surface area contributed by atoms with E-state index in [1.807, 2.05) is 11.7 Å². The highest BCUT2D eigenvalue weighted by atomic mass is 15.3. The van der Waals surface area contributed by atoms with Crippen LogP contribution in [0.1, 0.15) is 19.7 Å². The summed E-state index contributed by atoms with van der Waals surface area (Å²) in [6.45, 7) is 7.92. The van der Waals surface area contributed by atoms with Crippen molar-refractivity contribution in [2.45, 2.75) is 20.4 Å². The molecule has 1 rings (SSSR count). The van der Waals surface area contributed by atoms with Gasteiger partial charge in [0.2, 0.25) is 0 Å². The number of aryl methyl sites for hydroxylation is 1. The van der Waals surface area contributed by atoms with E-state index in [0.717, 1.165) is 32.0 Å². The predicted molar refractivity (Wildman–Crippen MR) is 60.2 cm³/mol. The van der Waals surface area contributed by atoms with Crippen LogP contribution in [0, 0.1) is 5.92 Å². The zero-order valence-corrected chi connectivity index (χ0v) is 9.85. The van der Waals surface area contributed by atoms with Crippen LogP contribution in [0.4, 0.5) is 0 Å². The molecule has 1 atom stereocenters. The molecule has 0 saturated heterocycles. The molecule has 0 aromatic carbocycles. The summed E-state index contributed by atoms with van der Waals surface area (Å²) in [4.78, 5) is 6.55. The number of rotatable bonds is 6. The molecule has 1 unspecified atom stereocenters. The van der Waals surface area contributed by atoms with Gasteiger partial charge in [-0.05, 0) is 19.0 Å². The van der Waals surface area contributed by atoms with Gasteiger partial charge in [0.05, 0.1) is 6.54 Å². The summed E-state index contributed by atoms with van der Waals surface area (Å²) < 4.78 is 1.82. The molecule has 5 heteroatoms. The third-order valence-electron chi connectivity index (χ3n) is 2.59. The summed E-state index contributed by atoms with van der Waals surface area (Å²) in [7, 11) is 1.92. The molecule has 15 heavy (non-hydrogen) atoms. The van der Waals surface area contributed by atoms with Gasteiger partial charge >= 0.3 is 0 Å². The topological polar surface area (TPSA) is 60.0 Å². The Morgan fingerprint density at radius 2 is 2.33 bits per heavy atom. The summed E-state index contributed by atoms with van der Waals surface area (Å²) in [6, 6.07) is 0. The van der Waals surface area contributed by atoms with E-state index in [1.54, 1.807) is 6.33 Å². The maximum atomic E-state index is 5.62. The molecule has 86 valence electrons. The number of nitrogens with zero attached hydrogens (tertiary/aromatic N) is 4. The lowest BCUT2D eigenvalue weighted by Crippen LogP contribution is -2.32. The average Bonchev–Trinajstić information content (AvgIpc) is 2.63. The molecule has 0 aliphatic heterocycles. The first-order valence-electron chi connectivity index (χ1n) is 5.42. The summed E-state index contributed by atoms with van der Waals surface area (Å²) >= 11 is 0. The van der Waals surface area contributed by atoms with Crippen molar-refractivity contribution in [2.24, 2.45) is 18.7 Å². The molecule has 2 N–H and O–H groups in total. The van der Waals surface area contributed by atoms with E-state index in [9.17, 15) is 0 Å². The van der Waals surface area contributed by atoms with Crippen molar-refractivity contribution < 1.29 is 0 Å². The fourth-order valence-corrected chi connectivity index (χ4v) is 1.48. The maximum Gasteiger partial charge on any atom is 0.140 e. The molecule has 5 nitrogen and oxygen atoms in total. The predicted octanol–water partition coefficient (Wildman–Crippen LogP) is 0.232. The molecule has 1 aromatic rings. The van der Waals surface area contributed by atoms with E-state index < -0.39 is 0 Å². The van der Waals surface area contributed by atoms with Crippen LogP contribution in [0.25, 0.3) is 0 Å². The molecule has 0 aliphatic carbocycles. The second-order valence-corrected chi connectivity index (χ2v) is 3.97. The van der Waals surface area contributed by atoms with E-state index in [1.165, 1.54) is 0 Å². The third-order valence-corrected chi connectivity index (χ3v) is 2.59. The Morgan fingerprint density at radius 1 is 1.60 bits per heavy atom. The Kier molecular flexibility index (Phi) is 4.71. The lowest BCUT2D eigenvalue weighted by molar-refractivity contribution is 0.235. The standard InChI is InChI=1S/C10H21N5/c1-4-15(6-9(2)5-11)7-10-12-8-13-14(10)3/h8-9H,4-7,11H2,1-3H3. The van der Waals surface area contributed by atoms with Crippen LogP contribution in [-0.4, -0.2) is 39.3 Å². The maximum absolute atomic E-state index is 5.62. The van der Waals surface area contributed by atoms with E-state index in [0.29, 0.717) is 5.92 Å². The van der Waals surface area contributed by atoms with Gasteiger partial charge in [-0.25, -0.2) is 4.98 Å². The quantitative estimate of drug-likeness (QED) is 0.732. The normalized spacial score (nSPS) is 13.4. The zero-order chi connectivity index (χ0) is 11.3. The van der Waals surface area contributed by atoms with Crippen molar-refractivity contribution in [3.8, 4) is 0 Å². The van der Waals surface area contributed by atoms with Crippen LogP contribution in [0.5, 0.6) is 0 Å². The van der Waals surface area contributed by atoms with Gasteiger partial charge in [0, 0.05) is 13.6 Å². The van der Waals surface area contributed by atoms with Crippen molar-refractivity contribution in [1.82, 2.24) is 19.7 Å². The molecule has 0 amide bonds. The minimum atomic E-state index is 0.526. The minimum Gasteiger partial charge on any atom is -0.330 e. The lowest BCUT2D eigenvalue weighted by atomic mass is 10.1. The fraction of sp³-hybridized carbons (Fsp3) is 0.800. The smallest absolute Gasteiger partial charge is 0.140 e. The molecule has 1 aromatic heterocycles. The van der Waals surface area contributed by atoms with Gasteiger partial charge in [-0.3, -0.25) is 9.58 Å². The van der Waals surface area contributed by atoms with Crippen LogP contribution in [0.3, 0.4) is 0 Å². The van der Waals surface area contributed by atoms with Gasteiger partial charge in [0.15, 0.2) is 0 Å². The third kappa shape index (κ3) is 3.60. The second-order valence-electron chi connectivity index (χ2n) is 3.97. The van der Waals surface area contributed by atoms with E-state index in [-0.39, 0.29) is 0 Å². The van der Waals surface area contributed by atoms with E-state index in [4.69, 9.17) is 5.73 Å². The SMILES string of the molecule is CCN(Cc1ncnn1C)CC(C)CN. The first-order valence-corrected chi connectivity index (χ1v) is 5.42. The van der Waals surface area contributed by atoms with Gasteiger partial charge < -0.3 is 5.73 Å². The van der Waals surface area contributed by atoms with Crippen molar-refractivity contribution in [1.29, 1.82) is 0 Å².